The van der Waals surface area contributed by atoms with Gasteiger partial charge in [0, 0.05) is 22.3 Å². The van der Waals surface area contributed by atoms with Gasteiger partial charge in [-0.1, -0.05) is 158 Å². The Morgan fingerprint density at radius 2 is 0.894 bits per heavy atom. The molecule has 0 radical (unpaired) electrons. The summed E-state index contributed by atoms with van der Waals surface area (Å²) < 4.78 is 2.35. The highest BCUT2D eigenvalue weighted by atomic mass is 15.0. The van der Waals surface area contributed by atoms with Crippen LogP contribution in [0.4, 0.5) is 0 Å². The van der Waals surface area contributed by atoms with Crippen LogP contribution in [-0.4, -0.2) is 4.57 Å². The highest BCUT2D eigenvalue weighted by molar-refractivity contribution is 6.21. The van der Waals surface area contributed by atoms with Gasteiger partial charge in [0.1, 0.15) is 0 Å². The van der Waals surface area contributed by atoms with E-state index in [1.54, 1.807) is 0 Å². The molecule has 1 aromatic heterocycles. The topological polar surface area (TPSA) is 4.93 Å². The molecule has 0 atom stereocenters. The number of hydrogen-bond donors (Lipinski definition) is 0. The maximum atomic E-state index is 3.86. The monoisotopic (exact) mass is 601 g/mol. The van der Waals surface area contributed by atoms with Crippen molar-refractivity contribution in [1.29, 1.82) is 0 Å². The number of rotatable bonds is 6. The molecular weight excluding hydrogens is 567 g/mol. The van der Waals surface area contributed by atoms with Gasteiger partial charge in [-0.2, -0.15) is 0 Å². The summed E-state index contributed by atoms with van der Waals surface area (Å²) in [7, 11) is 0. The number of para-hydroxylation sites is 1. The van der Waals surface area contributed by atoms with E-state index in [1.165, 1.54) is 82.6 Å². The molecule has 1 heterocycles. The molecule has 0 bridgehead atoms. The average molecular weight is 602 g/mol. The van der Waals surface area contributed by atoms with Crippen molar-refractivity contribution in [2.75, 3.05) is 0 Å². The lowest BCUT2D eigenvalue weighted by atomic mass is 9.85. The molecule has 8 rings (SSSR count). The molecular formula is C46H35N. The molecule has 1 nitrogen and oxygen atoms in total. The maximum absolute atomic E-state index is 3.86. The molecule has 0 saturated carbocycles. The Bertz CT molecular complexity index is 2400. The molecule has 0 spiro atoms. The highest BCUT2D eigenvalue weighted by Crippen LogP contribution is 2.44. The van der Waals surface area contributed by atoms with Crippen LogP contribution < -0.4 is 0 Å². The van der Waals surface area contributed by atoms with Gasteiger partial charge in [-0.15, -0.1) is 0 Å². The Hall–Kier alpha value is -5.92. The van der Waals surface area contributed by atoms with Gasteiger partial charge >= 0.3 is 0 Å². The van der Waals surface area contributed by atoms with E-state index in [-0.39, 0.29) is 0 Å². The number of nitrogens with zero attached hydrogens (tertiary/aromatic N) is 1. The zero-order chi connectivity index (χ0) is 31.9. The third-order valence-corrected chi connectivity index (χ3v) is 9.46. The third-order valence-electron chi connectivity index (χ3n) is 9.46. The van der Waals surface area contributed by atoms with Crippen molar-refractivity contribution in [2.24, 2.45) is 0 Å². The Kier molecular flexibility index (Phi) is 7.16. The normalized spacial score (nSPS) is 11.6. The lowest BCUT2D eigenvalue weighted by molar-refractivity contribution is 1.05. The fourth-order valence-corrected chi connectivity index (χ4v) is 7.20. The van der Waals surface area contributed by atoms with Gasteiger partial charge in [0.2, 0.25) is 0 Å². The molecule has 0 N–H and O–H groups in total. The number of aryl methyl sites for hydroxylation is 1. The van der Waals surface area contributed by atoms with Crippen LogP contribution in [0, 0.1) is 13.8 Å². The summed E-state index contributed by atoms with van der Waals surface area (Å²) in [6.07, 6.45) is 5.99. The first-order chi connectivity index (χ1) is 23.1. The van der Waals surface area contributed by atoms with E-state index >= 15 is 0 Å². The summed E-state index contributed by atoms with van der Waals surface area (Å²) in [5.41, 5.74) is 13.5. The van der Waals surface area contributed by atoms with Crippen LogP contribution in [0.1, 0.15) is 16.8 Å². The van der Waals surface area contributed by atoms with Gasteiger partial charge in [0.15, 0.2) is 0 Å². The lowest BCUT2D eigenvalue weighted by Gasteiger charge is -2.18. The van der Waals surface area contributed by atoms with E-state index in [0.717, 1.165) is 5.69 Å². The van der Waals surface area contributed by atoms with E-state index in [9.17, 15) is 0 Å². The minimum atomic E-state index is 1.16. The Labute approximate surface area is 276 Å². The second-order valence-corrected chi connectivity index (χ2v) is 12.3. The zero-order valence-electron chi connectivity index (χ0n) is 26.7. The van der Waals surface area contributed by atoms with Crippen molar-refractivity contribution >= 4 is 38.5 Å². The van der Waals surface area contributed by atoms with Crippen molar-refractivity contribution in [3.8, 4) is 39.1 Å². The second-order valence-electron chi connectivity index (χ2n) is 12.3. The predicted octanol–water partition coefficient (Wildman–Crippen LogP) is 12.8. The summed E-state index contributed by atoms with van der Waals surface area (Å²) in [4.78, 5) is 0. The molecule has 8 aromatic rings. The standard InChI is InChI=1S/C46H35N/c1-4-5-12-38-32(3)47(44-18-11-10-13-39(38)44)37-29-27-34(28-30-37)33-23-25-36(26-24-33)46-42-16-8-6-14-40(42)45(35-21-19-31(2)20-22-35)41-15-7-9-17-43(41)46/h4-30H,1H2,2-3H3/b12-5-. The number of allylic oxidation sites excluding steroid dienone is 2. The first-order valence-electron chi connectivity index (χ1n) is 16.2. The van der Waals surface area contributed by atoms with Gasteiger partial charge < -0.3 is 4.57 Å². The van der Waals surface area contributed by atoms with E-state index in [1.807, 2.05) is 12.2 Å². The molecule has 0 aliphatic rings. The van der Waals surface area contributed by atoms with Gasteiger partial charge in [-0.3, -0.25) is 0 Å². The van der Waals surface area contributed by atoms with Crippen molar-refractivity contribution in [3.05, 3.63) is 181 Å². The van der Waals surface area contributed by atoms with Gasteiger partial charge in [0.05, 0.1) is 5.52 Å². The fourth-order valence-electron chi connectivity index (χ4n) is 7.20. The van der Waals surface area contributed by atoms with Crippen LogP contribution in [0.25, 0.3) is 77.6 Å². The van der Waals surface area contributed by atoms with E-state index in [4.69, 9.17) is 0 Å². The Balaban J connectivity index is 1.20. The fraction of sp³-hybridized carbons (Fsp3) is 0.0435. The smallest absolute Gasteiger partial charge is 0.0537 e. The van der Waals surface area contributed by atoms with Crippen molar-refractivity contribution in [1.82, 2.24) is 4.57 Å². The van der Waals surface area contributed by atoms with E-state index in [2.05, 4.69) is 177 Å². The predicted molar refractivity (Wildman–Crippen MR) is 203 cm³/mol. The van der Waals surface area contributed by atoms with Crippen LogP contribution in [0.15, 0.2) is 164 Å². The lowest BCUT2D eigenvalue weighted by Crippen LogP contribution is -1.96. The van der Waals surface area contributed by atoms with Gasteiger partial charge in [0.25, 0.3) is 0 Å². The zero-order valence-corrected chi connectivity index (χ0v) is 26.7. The second kappa shape index (κ2) is 11.8. The minimum absolute atomic E-state index is 1.16. The summed E-state index contributed by atoms with van der Waals surface area (Å²) in [6.45, 7) is 8.20. The average Bonchev–Trinajstić information content (AvgIpc) is 3.40. The van der Waals surface area contributed by atoms with Crippen LogP contribution >= 0.6 is 0 Å². The molecule has 7 aromatic carbocycles. The van der Waals surface area contributed by atoms with Crippen LogP contribution in [-0.2, 0) is 0 Å². The molecule has 47 heavy (non-hydrogen) atoms. The van der Waals surface area contributed by atoms with Crippen molar-refractivity contribution in [3.63, 3.8) is 0 Å². The van der Waals surface area contributed by atoms with Crippen molar-refractivity contribution in [2.45, 2.75) is 13.8 Å². The number of fused-ring (bicyclic) bond motifs is 3. The largest absolute Gasteiger partial charge is 0.313 e. The number of hydrogen-bond acceptors (Lipinski definition) is 0. The molecule has 0 aliphatic carbocycles. The first kappa shape index (κ1) is 28.5. The van der Waals surface area contributed by atoms with E-state index in [0.29, 0.717) is 0 Å². The maximum Gasteiger partial charge on any atom is 0.0537 e. The van der Waals surface area contributed by atoms with Crippen LogP contribution in [0.5, 0.6) is 0 Å². The van der Waals surface area contributed by atoms with Gasteiger partial charge in [-0.05, 0) is 87.0 Å². The third kappa shape index (κ3) is 4.88. The summed E-state index contributed by atoms with van der Waals surface area (Å²) >= 11 is 0. The van der Waals surface area contributed by atoms with Crippen molar-refractivity contribution < 1.29 is 0 Å². The number of aromatic nitrogens is 1. The molecule has 1 heteroatoms. The molecule has 0 aliphatic heterocycles. The van der Waals surface area contributed by atoms with Crippen LogP contribution in [0.3, 0.4) is 0 Å². The molecule has 0 fully saturated rings. The Morgan fingerprint density at radius 1 is 0.468 bits per heavy atom. The molecule has 0 unspecified atom stereocenters. The summed E-state index contributed by atoms with van der Waals surface area (Å²) in [6, 6.07) is 53.2. The quantitative estimate of drug-likeness (QED) is 0.132. The minimum Gasteiger partial charge on any atom is -0.313 e. The van der Waals surface area contributed by atoms with Gasteiger partial charge in [-0.25, -0.2) is 0 Å². The van der Waals surface area contributed by atoms with Crippen LogP contribution in [0.2, 0.25) is 0 Å². The summed E-state index contributed by atoms with van der Waals surface area (Å²) in [5.74, 6) is 0. The molecule has 0 amide bonds. The number of benzene rings is 7. The van der Waals surface area contributed by atoms with E-state index < -0.39 is 0 Å². The molecule has 224 valence electrons. The Morgan fingerprint density at radius 3 is 1.40 bits per heavy atom. The highest BCUT2D eigenvalue weighted by Gasteiger charge is 2.17. The first-order valence-corrected chi connectivity index (χ1v) is 16.2. The summed E-state index contributed by atoms with van der Waals surface area (Å²) in [5, 5.41) is 6.35. The SMILES string of the molecule is C=C/C=C\c1c(C)n(-c2ccc(-c3ccc(-c4c5ccccc5c(-c5ccc(C)cc5)c5ccccc45)cc3)cc2)c2ccccc12. The molecule has 0 saturated heterocycles.